The van der Waals surface area contributed by atoms with Gasteiger partial charge < -0.3 is 5.32 Å². The number of carbonyl (C=O) groups excluding carboxylic acids is 1. The van der Waals surface area contributed by atoms with Gasteiger partial charge in [0.05, 0.1) is 0 Å². The van der Waals surface area contributed by atoms with Gasteiger partial charge in [0.25, 0.3) is 0 Å². The molecule has 4 nitrogen and oxygen atoms in total. The zero-order valence-electron chi connectivity index (χ0n) is 17.2. The van der Waals surface area contributed by atoms with Crippen LogP contribution in [0.25, 0.3) is 16.9 Å². The van der Waals surface area contributed by atoms with E-state index in [0.717, 1.165) is 17.6 Å². The summed E-state index contributed by atoms with van der Waals surface area (Å²) in [6.45, 7) is 10.6. The SMILES string of the molecule is Cc1ccn2c(NC(=O)C[C@H](C)CC(C)(C)C)c(-c3cccc(F)c3)nc2c1. The summed E-state index contributed by atoms with van der Waals surface area (Å²) in [6, 6.07) is 10.2. The highest BCUT2D eigenvalue weighted by molar-refractivity contribution is 5.94. The Hall–Kier alpha value is -2.69. The van der Waals surface area contributed by atoms with Crippen LogP contribution in [0.15, 0.2) is 42.6 Å². The van der Waals surface area contributed by atoms with Crippen molar-refractivity contribution < 1.29 is 9.18 Å². The number of imidazole rings is 1. The molecular formula is C23H28FN3O. The van der Waals surface area contributed by atoms with Crippen molar-refractivity contribution in [1.29, 1.82) is 0 Å². The highest BCUT2D eigenvalue weighted by Crippen LogP contribution is 2.31. The first-order valence-electron chi connectivity index (χ1n) is 9.67. The van der Waals surface area contributed by atoms with Gasteiger partial charge in [-0.3, -0.25) is 9.20 Å². The maximum atomic E-state index is 13.8. The van der Waals surface area contributed by atoms with E-state index in [1.807, 2.05) is 29.7 Å². The Morgan fingerprint density at radius 1 is 1.25 bits per heavy atom. The Balaban J connectivity index is 1.95. The van der Waals surface area contributed by atoms with Crippen molar-refractivity contribution in [1.82, 2.24) is 9.38 Å². The standard InChI is InChI=1S/C23H28FN3O/c1-15-9-10-27-19(11-15)25-21(17-7-6-8-18(24)13-17)22(27)26-20(28)12-16(2)14-23(3,4)5/h6-11,13,16H,12,14H2,1-5H3,(H,26,28)/t16-/m0/s1. The molecule has 1 N–H and O–H groups in total. The summed E-state index contributed by atoms with van der Waals surface area (Å²) in [5.41, 5.74) is 3.17. The van der Waals surface area contributed by atoms with Crippen molar-refractivity contribution in [2.45, 2.75) is 47.5 Å². The first-order chi connectivity index (χ1) is 13.1. The fourth-order valence-electron chi connectivity index (χ4n) is 3.72. The molecule has 2 heterocycles. The van der Waals surface area contributed by atoms with Gasteiger partial charge in [0.15, 0.2) is 0 Å². The molecule has 0 saturated carbocycles. The lowest BCUT2D eigenvalue weighted by molar-refractivity contribution is -0.117. The van der Waals surface area contributed by atoms with Gasteiger partial charge in [-0.1, -0.05) is 39.8 Å². The maximum absolute atomic E-state index is 13.8. The zero-order valence-corrected chi connectivity index (χ0v) is 17.2. The van der Waals surface area contributed by atoms with E-state index in [4.69, 9.17) is 0 Å². The van der Waals surface area contributed by atoms with Crippen LogP contribution in [0.2, 0.25) is 0 Å². The minimum Gasteiger partial charge on any atom is -0.310 e. The third kappa shape index (κ3) is 4.77. The van der Waals surface area contributed by atoms with E-state index in [0.29, 0.717) is 23.5 Å². The van der Waals surface area contributed by atoms with E-state index in [9.17, 15) is 9.18 Å². The molecule has 0 fully saturated rings. The second kappa shape index (κ2) is 7.74. The third-order valence-corrected chi connectivity index (χ3v) is 4.63. The number of amides is 1. The number of nitrogens with zero attached hydrogens (tertiary/aromatic N) is 2. The summed E-state index contributed by atoms with van der Waals surface area (Å²) in [5, 5.41) is 3.03. The largest absolute Gasteiger partial charge is 0.310 e. The summed E-state index contributed by atoms with van der Waals surface area (Å²) >= 11 is 0. The molecule has 0 radical (unpaired) electrons. The Labute approximate surface area is 165 Å². The van der Waals surface area contributed by atoms with Gasteiger partial charge in [0, 0.05) is 18.2 Å². The van der Waals surface area contributed by atoms with Crippen molar-refractivity contribution >= 4 is 17.4 Å². The van der Waals surface area contributed by atoms with Crippen molar-refractivity contribution in [2.24, 2.45) is 11.3 Å². The van der Waals surface area contributed by atoms with E-state index in [2.05, 4.69) is 38.0 Å². The van der Waals surface area contributed by atoms with E-state index in [1.165, 1.54) is 12.1 Å². The first-order valence-corrected chi connectivity index (χ1v) is 9.67. The Bertz CT molecular complexity index is 1000. The minimum atomic E-state index is -0.332. The summed E-state index contributed by atoms with van der Waals surface area (Å²) in [7, 11) is 0. The first kappa shape index (κ1) is 20.1. The number of hydrogen-bond donors (Lipinski definition) is 1. The van der Waals surface area contributed by atoms with Crippen LogP contribution >= 0.6 is 0 Å². The lowest BCUT2D eigenvalue weighted by atomic mass is 9.84. The van der Waals surface area contributed by atoms with Gasteiger partial charge in [-0.25, -0.2) is 9.37 Å². The topological polar surface area (TPSA) is 46.4 Å². The van der Waals surface area contributed by atoms with Crippen molar-refractivity contribution in [2.75, 3.05) is 5.32 Å². The Kier molecular flexibility index (Phi) is 5.54. The molecule has 1 aromatic carbocycles. The van der Waals surface area contributed by atoms with Crippen LogP contribution in [0.4, 0.5) is 10.2 Å². The lowest BCUT2D eigenvalue weighted by Gasteiger charge is -2.22. The Morgan fingerprint density at radius 3 is 2.68 bits per heavy atom. The lowest BCUT2D eigenvalue weighted by Crippen LogP contribution is -2.19. The van der Waals surface area contributed by atoms with Crippen molar-refractivity contribution in [3.05, 3.63) is 54.0 Å². The number of fused-ring (bicyclic) bond motifs is 1. The van der Waals surface area contributed by atoms with Gasteiger partial charge in [-0.2, -0.15) is 0 Å². The molecule has 28 heavy (non-hydrogen) atoms. The molecule has 3 aromatic rings. The quantitative estimate of drug-likeness (QED) is 0.602. The number of anilines is 1. The molecule has 0 unspecified atom stereocenters. The van der Waals surface area contributed by atoms with Crippen molar-refractivity contribution in [3.63, 3.8) is 0 Å². The second-order valence-corrected chi connectivity index (χ2v) is 8.87. The van der Waals surface area contributed by atoms with Crippen LogP contribution in [0.3, 0.4) is 0 Å². The number of aromatic nitrogens is 2. The monoisotopic (exact) mass is 381 g/mol. The zero-order chi connectivity index (χ0) is 20.5. The van der Waals surface area contributed by atoms with Crippen LogP contribution in [-0.2, 0) is 4.79 Å². The average Bonchev–Trinajstić information content (AvgIpc) is 2.90. The fraction of sp³-hybridized carbons (Fsp3) is 0.391. The molecule has 148 valence electrons. The molecule has 0 aliphatic heterocycles. The third-order valence-electron chi connectivity index (χ3n) is 4.63. The number of pyridine rings is 1. The number of benzene rings is 1. The summed E-state index contributed by atoms with van der Waals surface area (Å²) < 4.78 is 15.6. The molecule has 1 amide bonds. The second-order valence-electron chi connectivity index (χ2n) is 8.87. The van der Waals surface area contributed by atoms with Crippen LogP contribution in [0, 0.1) is 24.1 Å². The van der Waals surface area contributed by atoms with E-state index >= 15 is 0 Å². The smallest absolute Gasteiger partial charge is 0.225 e. The molecule has 0 bridgehead atoms. The summed E-state index contributed by atoms with van der Waals surface area (Å²) in [6.07, 6.45) is 3.27. The molecule has 2 aromatic heterocycles. The van der Waals surface area contributed by atoms with E-state index < -0.39 is 0 Å². The fourth-order valence-corrected chi connectivity index (χ4v) is 3.72. The number of carbonyl (C=O) groups is 1. The van der Waals surface area contributed by atoms with E-state index in [1.54, 1.807) is 12.1 Å². The van der Waals surface area contributed by atoms with Gasteiger partial charge in [0.1, 0.15) is 23.0 Å². The molecule has 1 atom stereocenters. The van der Waals surface area contributed by atoms with Gasteiger partial charge in [0.2, 0.25) is 5.91 Å². The number of rotatable bonds is 5. The molecular weight excluding hydrogens is 353 g/mol. The maximum Gasteiger partial charge on any atom is 0.225 e. The van der Waals surface area contributed by atoms with Crippen LogP contribution in [0.1, 0.15) is 46.1 Å². The van der Waals surface area contributed by atoms with Gasteiger partial charge >= 0.3 is 0 Å². The molecule has 0 saturated heterocycles. The van der Waals surface area contributed by atoms with Gasteiger partial charge in [-0.05, 0) is 54.5 Å². The molecule has 5 heteroatoms. The van der Waals surface area contributed by atoms with Crippen LogP contribution < -0.4 is 5.32 Å². The van der Waals surface area contributed by atoms with Crippen LogP contribution in [0.5, 0.6) is 0 Å². The molecule has 3 rings (SSSR count). The minimum absolute atomic E-state index is 0.0585. The van der Waals surface area contributed by atoms with Crippen molar-refractivity contribution in [3.8, 4) is 11.3 Å². The average molecular weight is 381 g/mol. The predicted molar refractivity (Wildman–Crippen MR) is 112 cm³/mol. The number of halogens is 1. The summed E-state index contributed by atoms with van der Waals surface area (Å²) in [5.74, 6) is 0.450. The molecule has 0 spiro atoms. The highest BCUT2D eigenvalue weighted by atomic mass is 19.1. The molecule has 0 aliphatic rings. The number of aryl methyl sites for hydroxylation is 1. The summed E-state index contributed by atoms with van der Waals surface area (Å²) in [4.78, 5) is 17.4. The number of hydrogen-bond acceptors (Lipinski definition) is 2. The molecule has 0 aliphatic carbocycles. The predicted octanol–water partition coefficient (Wildman–Crippen LogP) is 5.85. The Morgan fingerprint density at radius 2 is 2.00 bits per heavy atom. The number of nitrogens with one attached hydrogen (secondary N) is 1. The van der Waals surface area contributed by atoms with E-state index in [-0.39, 0.29) is 23.1 Å². The normalized spacial score (nSPS) is 12.9. The van der Waals surface area contributed by atoms with Crippen LogP contribution in [-0.4, -0.2) is 15.3 Å². The highest BCUT2D eigenvalue weighted by Gasteiger charge is 2.21. The van der Waals surface area contributed by atoms with Gasteiger partial charge in [-0.15, -0.1) is 0 Å².